The van der Waals surface area contributed by atoms with Crippen LogP contribution in [0.25, 0.3) is 10.2 Å². The summed E-state index contributed by atoms with van der Waals surface area (Å²) in [4.78, 5) is 14.8. The Labute approximate surface area is 96.3 Å². The van der Waals surface area contributed by atoms with Crippen LogP contribution in [0.5, 0.6) is 0 Å². The van der Waals surface area contributed by atoms with Crippen molar-refractivity contribution in [3.8, 4) is 0 Å². The largest absolute Gasteiger partial charge is 0.380 e. The molecule has 1 aromatic carbocycles. The van der Waals surface area contributed by atoms with E-state index < -0.39 is 0 Å². The lowest BCUT2D eigenvalue weighted by Crippen LogP contribution is -2.00. The second-order valence-corrected chi connectivity index (χ2v) is 4.59. The van der Waals surface area contributed by atoms with Gasteiger partial charge in [0.25, 0.3) is 5.69 Å². The smallest absolute Gasteiger partial charge is 0.293 e. The van der Waals surface area contributed by atoms with E-state index in [2.05, 4.69) is 10.3 Å². The van der Waals surface area contributed by atoms with E-state index in [0.29, 0.717) is 12.2 Å². The predicted molar refractivity (Wildman–Crippen MR) is 65.2 cm³/mol. The zero-order valence-corrected chi connectivity index (χ0v) is 9.80. The van der Waals surface area contributed by atoms with Crippen molar-refractivity contribution >= 4 is 32.9 Å². The number of thiazole rings is 1. The first-order valence-corrected chi connectivity index (χ1v) is 5.73. The van der Waals surface area contributed by atoms with Crippen molar-refractivity contribution in [2.45, 2.75) is 13.8 Å². The Bertz CT molecular complexity index is 550. The number of nitrogens with zero attached hydrogens (tertiary/aromatic N) is 2. The van der Waals surface area contributed by atoms with Crippen molar-refractivity contribution in [2.75, 3.05) is 11.9 Å². The van der Waals surface area contributed by atoms with Crippen LogP contribution >= 0.6 is 11.3 Å². The number of aryl methyl sites for hydroxylation is 1. The Balaban J connectivity index is 2.64. The van der Waals surface area contributed by atoms with Crippen LogP contribution in [0.1, 0.15) is 11.9 Å². The summed E-state index contributed by atoms with van der Waals surface area (Å²) in [6.07, 6.45) is 0. The molecule has 0 amide bonds. The zero-order chi connectivity index (χ0) is 11.7. The predicted octanol–water partition coefficient (Wildman–Crippen LogP) is 2.94. The number of benzene rings is 1. The number of rotatable bonds is 3. The lowest BCUT2D eigenvalue weighted by molar-refractivity contribution is -0.383. The second kappa shape index (κ2) is 4.05. The van der Waals surface area contributed by atoms with E-state index in [4.69, 9.17) is 0 Å². The van der Waals surface area contributed by atoms with Gasteiger partial charge in [-0.15, -0.1) is 11.3 Å². The number of nitro benzene ring substituents is 1. The molecule has 0 saturated carbocycles. The van der Waals surface area contributed by atoms with Gasteiger partial charge >= 0.3 is 0 Å². The molecule has 0 spiro atoms. The van der Waals surface area contributed by atoms with Crippen LogP contribution in [0, 0.1) is 17.0 Å². The summed E-state index contributed by atoms with van der Waals surface area (Å²) in [6.45, 7) is 4.44. The van der Waals surface area contributed by atoms with Crippen LogP contribution < -0.4 is 5.32 Å². The monoisotopic (exact) mass is 237 g/mol. The van der Waals surface area contributed by atoms with Gasteiger partial charge in [0.15, 0.2) is 0 Å². The molecular formula is C10H11N3O2S. The van der Waals surface area contributed by atoms with Gasteiger partial charge in [-0.05, 0) is 19.9 Å². The number of aromatic nitrogens is 1. The minimum Gasteiger partial charge on any atom is -0.380 e. The summed E-state index contributed by atoms with van der Waals surface area (Å²) in [5.41, 5.74) is 1.45. The maximum atomic E-state index is 10.9. The third-order valence-electron chi connectivity index (χ3n) is 2.18. The van der Waals surface area contributed by atoms with Crippen molar-refractivity contribution in [1.82, 2.24) is 4.98 Å². The van der Waals surface area contributed by atoms with E-state index in [-0.39, 0.29) is 10.6 Å². The lowest BCUT2D eigenvalue weighted by Gasteiger charge is -2.03. The Morgan fingerprint density at radius 1 is 1.56 bits per heavy atom. The van der Waals surface area contributed by atoms with Gasteiger partial charge in [-0.3, -0.25) is 10.1 Å². The number of nitrogens with one attached hydrogen (secondary N) is 1. The van der Waals surface area contributed by atoms with Gasteiger partial charge < -0.3 is 5.32 Å². The number of hydrogen-bond donors (Lipinski definition) is 1. The van der Waals surface area contributed by atoms with E-state index in [9.17, 15) is 10.1 Å². The molecule has 1 heterocycles. The number of fused-ring (bicyclic) bond motifs is 1. The number of hydrogen-bond acceptors (Lipinski definition) is 5. The molecule has 0 saturated heterocycles. The van der Waals surface area contributed by atoms with Crippen molar-refractivity contribution in [1.29, 1.82) is 0 Å². The fraction of sp³-hybridized carbons (Fsp3) is 0.300. The molecule has 84 valence electrons. The molecule has 6 heteroatoms. The molecule has 0 aliphatic heterocycles. The average molecular weight is 237 g/mol. The van der Waals surface area contributed by atoms with Crippen LogP contribution in [0.4, 0.5) is 11.4 Å². The molecule has 0 fully saturated rings. The van der Waals surface area contributed by atoms with Gasteiger partial charge in [-0.1, -0.05) is 0 Å². The average Bonchev–Trinajstić information content (AvgIpc) is 2.56. The molecule has 0 unspecified atom stereocenters. The zero-order valence-electron chi connectivity index (χ0n) is 8.98. The van der Waals surface area contributed by atoms with Gasteiger partial charge in [0.2, 0.25) is 0 Å². The van der Waals surface area contributed by atoms with E-state index >= 15 is 0 Å². The van der Waals surface area contributed by atoms with Crippen LogP contribution in [-0.4, -0.2) is 16.5 Å². The Kier molecular flexibility index (Phi) is 2.74. The van der Waals surface area contributed by atoms with Gasteiger partial charge in [-0.2, -0.15) is 0 Å². The summed E-state index contributed by atoms with van der Waals surface area (Å²) < 4.78 is 0.853. The van der Waals surface area contributed by atoms with Crippen LogP contribution in [0.15, 0.2) is 12.1 Å². The molecule has 2 rings (SSSR count). The van der Waals surface area contributed by atoms with Crippen molar-refractivity contribution in [3.05, 3.63) is 27.3 Å². The lowest BCUT2D eigenvalue weighted by atomic mass is 10.2. The SMILES string of the molecule is CCNc1cc2nc(C)sc2cc1[N+](=O)[O-]. The molecule has 1 aromatic heterocycles. The van der Waals surface area contributed by atoms with Crippen molar-refractivity contribution in [2.24, 2.45) is 0 Å². The molecule has 0 atom stereocenters. The number of nitro groups is 1. The summed E-state index contributed by atoms with van der Waals surface area (Å²) in [7, 11) is 0. The van der Waals surface area contributed by atoms with E-state index in [0.717, 1.165) is 15.2 Å². The van der Waals surface area contributed by atoms with E-state index in [1.54, 1.807) is 12.1 Å². The van der Waals surface area contributed by atoms with Crippen LogP contribution in [0.3, 0.4) is 0 Å². The highest BCUT2D eigenvalue weighted by atomic mass is 32.1. The Morgan fingerprint density at radius 3 is 2.94 bits per heavy atom. The molecule has 0 aliphatic carbocycles. The van der Waals surface area contributed by atoms with Crippen molar-refractivity contribution in [3.63, 3.8) is 0 Å². The molecule has 1 N–H and O–H groups in total. The summed E-state index contributed by atoms with van der Waals surface area (Å²) in [5, 5.41) is 14.8. The molecule has 16 heavy (non-hydrogen) atoms. The maximum absolute atomic E-state index is 10.9. The standard InChI is InChI=1S/C10H11N3O2S/c1-3-11-7-4-8-10(16-6(2)12-8)5-9(7)13(14)15/h4-5,11H,3H2,1-2H3. The first-order valence-electron chi connectivity index (χ1n) is 4.91. The van der Waals surface area contributed by atoms with Crippen LogP contribution in [0.2, 0.25) is 0 Å². The highest BCUT2D eigenvalue weighted by Gasteiger charge is 2.16. The molecule has 0 radical (unpaired) electrons. The Morgan fingerprint density at radius 2 is 2.31 bits per heavy atom. The first-order chi connectivity index (χ1) is 7.61. The summed E-state index contributed by atoms with van der Waals surface area (Å²) in [5.74, 6) is 0. The molecule has 0 aliphatic rings. The molecule has 2 aromatic rings. The first kappa shape index (κ1) is 10.8. The maximum Gasteiger partial charge on any atom is 0.293 e. The van der Waals surface area contributed by atoms with E-state index in [1.165, 1.54) is 11.3 Å². The molecule has 5 nitrogen and oxygen atoms in total. The third kappa shape index (κ3) is 1.83. The van der Waals surface area contributed by atoms with Gasteiger partial charge in [0.1, 0.15) is 5.69 Å². The highest BCUT2D eigenvalue weighted by molar-refractivity contribution is 7.18. The molecule has 0 bridgehead atoms. The second-order valence-electron chi connectivity index (χ2n) is 3.36. The van der Waals surface area contributed by atoms with Gasteiger partial charge in [-0.25, -0.2) is 4.98 Å². The van der Waals surface area contributed by atoms with Gasteiger partial charge in [0.05, 0.1) is 20.1 Å². The fourth-order valence-electron chi connectivity index (χ4n) is 1.56. The van der Waals surface area contributed by atoms with Gasteiger partial charge in [0, 0.05) is 12.6 Å². The Hall–Kier alpha value is -1.69. The van der Waals surface area contributed by atoms with Crippen LogP contribution in [-0.2, 0) is 0 Å². The molecular weight excluding hydrogens is 226 g/mol. The fourth-order valence-corrected chi connectivity index (χ4v) is 2.40. The van der Waals surface area contributed by atoms with Crippen molar-refractivity contribution < 1.29 is 4.92 Å². The van der Waals surface area contributed by atoms with E-state index in [1.807, 2.05) is 13.8 Å². The number of anilines is 1. The third-order valence-corrected chi connectivity index (χ3v) is 3.11. The topological polar surface area (TPSA) is 68.1 Å². The highest BCUT2D eigenvalue weighted by Crippen LogP contribution is 2.32. The summed E-state index contributed by atoms with van der Waals surface area (Å²) in [6, 6.07) is 3.32. The normalized spacial score (nSPS) is 10.6. The quantitative estimate of drug-likeness (QED) is 0.658. The minimum absolute atomic E-state index is 0.109. The summed E-state index contributed by atoms with van der Waals surface area (Å²) >= 11 is 1.47. The minimum atomic E-state index is -0.369.